The molecule has 0 fully saturated rings. The normalized spacial score (nSPS) is 13.9. The molecule has 0 saturated carbocycles. The number of nitrogens with zero attached hydrogens (tertiary/aromatic N) is 1. The number of hydrogen-bond donors (Lipinski definition) is 2. The molecule has 0 bridgehead atoms. The van der Waals surface area contributed by atoms with Crippen molar-refractivity contribution < 1.29 is 14.8 Å². The van der Waals surface area contributed by atoms with Gasteiger partial charge in [0.2, 0.25) is 0 Å². The summed E-state index contributed by atoms with van der Waals surface area (Å²) in [5, 5.41) is 20.9. The molecular weight excluding hydrogens is 248 g/mol. The molecule has 0 unspecified atom stereocenters. The number of aliphatic hydroxyl groups is 1. The van der Waals surface area contributed by atoms with Gasteiger partial charge in [0.15, 0.2) is 5.75 Å². The van der Waals surface area contributed by atoms with E-state index in [9.17, 15) is 15.2 Å². The second-order valence-corrected chi connectivity index (χ2v) is 4.42. The van der Waals surface area contributed by atoms with Crippen molar-refractivity contribution in [3.8, 4) is 5.75 Å². The fourth-order valence-corrected chi connectivity index (χ4v) is 1.87. The Morgan fingerprint density at radius 2 is 2.21 bits per heavy atom. The number of aliphatic hydroxyl groups excluding tert-OH is 1. The van der Waals surface area contributed by atoms with Gasteiger partial charge in [0.25, 0.3) is 0 Å². The number of nitro groups is 1. The Labute approximate surface area is 112 Å². The van der Waals surface area contributed by atoms with Crippen LogP contribution in [0.15, 0.2) is 18.2 Å². The second kappa shape index (κ2) is 7.06. The lowest BCUT2D eigenvalue weighted by Crippen LogP contribution is -2.26. The monoisotopic (exact) mass is 268 g/mol. The maximum atomic E-state index is 10.9. The zero-order valence-corrected chi connectivity index (χ0v) is 11.2. The third kappa shape index (κ3) is 3.90. The van der Waals surface area contributed by atoms with Gasteiger partial charge in [-0.15, -0.1) is 0 Å². The number of hydrogen-bond acceptors (Lipinski definition) is 5. The summed E-state index contributed by atoms with van der Waals surface area (Å²) in [5.41, 5.74) is 6.32. The second-order valence-electron chi connectivity index (χ2n) is 4.42. The van der Waals surface area contributed by atoms with E-state index in [1.807, 2.05) is 6.92 Å². The molecule has 0 aromatic heterocycles. The van der Waals surface area contributed by atoms with E-state index in [0.717, 1.165) is 12.8 Å². The molecule has 3 N–H and O–H groups in total. The van der Waals surface area contributed by atoms with Crippen LogP contribution in [0.3, 0.4) is 0 Å². The van der Waals surface area contributed by atoms with Crippen molar-refractivity contribution >= 4 is 5.69 Å². The molecule has 6 heteroatoms. The van der Waals surface area contributed by atoms with Crippen LogP contribution in [0.5, 0.6) is 5.75 Å². The average Bonchev–Trinajstić information content (AvgIpc) is 2.42. The summed E-state index contributed by atoms with van der Waals surface area (Å²) in [7, 11) is 1.37. The van der Waals surface area contributed by atoms with E-state index in [2.05, 4.69) is 0 Å². The van der Waals surface area contributed by atoms with Crippen molar-refractivity contribution in [3.63, 3.8) is 0 Å². The Hall–Kier alpha value is -1.66. The smallest absolute Gasteiger partial charge is 0.311 e. The van der Waals surface area contributed by atoms with E-state index in [0.29, 0.717) is 12.0 Å². The van der Waals surface area contributed by atoms with Crippen LogP contribution in [-0.2, 0) is 0 Å². The Balaban J connectivity index is 2.94. The number of nitrogens with two attached hydrogens (primary N) is 1. The molecule has 0 aliphatic heterocycles. The van der Waals surface area contributed by atoms with Gasteiger partial charge in [0.05, 0.1) is 24.2 Å². The van der Waals surface area contributed by atoms with E-state index in [-0.39, 0.29) is 11.4 Å². The predicted molar refractivity (Wildman–Crippen MR) is 72.1 cm³/mol. The molecule has 0 saturated heterocycles. The minimum atomic E-state index is -0.701. The maximum Gasteiger partial charge on any atom is 0.311 e. The van der Waals surface area contributed by atoms with Crippen LogP contribution in [0.25, 0.3) is 0 Å². The molecule has 0 aliphatic carbocycles. The van der Waals surface area contributed by atoms with Crippen LogP contribution < -0.4 is 10.5 Å². The quantitative estimate of drug-likeness (QED) is 0.583. The third-order valence-corrected chi connectivity index (χ3v) is 3.05. The molecule has 106 valence electrons. The Bertz CT molecular complexity index is 437. The van der Waals surface area contributed by atoms with Crippen molar-refractivity contribution in [1.82, 2.24) is 0 Å². The fraction of sp³-hybridized carbons (Fsp3) is 0.538. The maximum absolute atomic E-state index is 10.9. The zero-order valence-electron chi connectivity index (χ0n) is 11.2. The molecule has 6 nitrogen and oxygen atoms in total. The van der Waals surface area contributed by atoms with Gasteiger partial charge in [-0.05, 0) is 18.1 Å². The van der Waals surface area contributed by atoms with Crippen molar-refractivity contribution in [2.24, 2.45) is 5.73 Å². The molecule has 0 radical (unpaired) electrons. The summed E-state index contributed by atoms with van der Waals surface area (Å²) >= 11 is 0. The molecule has 0 aliphatic rings. The van der Waals surface area contributed by atoms with Gasteiger partial charge in [0, 0.05) is 6.07 Å². The van der Waals surface area contributed by atoms with E-state index in [4.69, 9.17) is 10.5 Å². The lowest BCUT2D eigenvalue weighted by molar-refractivity contribution is -0.385. The van der Waals surface area contributed by atoms with E-state index in [1.165, 1.54) is 19.2 Å². The number of rotatable bonds is 7. The first-order chi connectivity index (χ1) is 9.01. The molecular formula is C13H20N2O4. The Morgan fingerprint density at radius 1 is 1.53 bits per heavy atom. The van der Waals surface area contributed by atoms with Crippen molar-refractivity contribution in [1.29, 1.82) is 0 Å². The Kier molecular flexibility index (Phi) is 5.72. The number of unbranched alkanes of at least 4 members (excludes halogenated alkanes) is 1. The van der Waals surface area contributed by atoms with Gasteiger partial charge < -0.3 is 15.6 Å². The molecule has 1 aromatic rings. The summed E-state index contributed by atoms with van der Waals surface area (Å²) in [6.45, 7) is 2.02. The highest BCUT2D eigenvalue weighted by atomic mass is 16.6. The third-order valence-electron chi connectivity index (χ3n) is 3.05. The number of methoxy groups -OCH3 is 1. The van der Waals surface area contributed by atoms with E-state index < -0.39 is 17.1 Å². The van der Waals surface area contributed by atoms with Crippen LogP contribution in [0.2, 0.25) is 0 Å². The summed E-state index contributed by atoms with van der Waals surface area (Å²) in [4.78, 5) is 10.4. The molecule has 19 heavy (non-hydrogen) atoms. The van der Waals surface area contributed by atoms with Crippen LogP contribution >= 0.6 is 0 Å². The Morgan fingerprint density at radius 3 is 2.74 bits per heavy atom. The van der Waals surface area contributed by atoms with Crippen LogP contribution in [-0.4, -0.2) is 23.2 Å². The number of ether oxygens (including phenoxy) is 1. The standard InChI is InChI=1S/C13H20N2O4/c1-3-4-5-11(16)13(14)9-6-7-12(19-2)10(8-9)15(17)18/h6-8,11,13,16H,3-5,14H2,1-2H3/t11-,13+/m1/s1. The van der Waals surface area contributed by atoms with Gasteiger partial charge in [-0.1, -0.05) is 25.8 Å². The first-order valence-electron chi connectivity index (χ1n) is 6.27. The van der Waals surface area contributed by atoms with Crippen LogP contribution in [0.4, 0.5) is 5.69 Å². The van der Waals surface area contributed by atoms with Gasteiger partial charge in [-0.2, -0.15) is 0 Å². The average molecular weight is 268 g/mol. The molecule has 1 rings (SSSR count). The highest BCUT2D eigenvalue weighted by molar-refractivity contribution is 5.49. The minimum absolute atomic E-state index is 0.141. The predicted octanol–water partition coefficient (Wildman–Crippen LogP) is 2.15. The van der Waals surface area contributed by atoms with E-state index >= 15 is 0 Å². The van der Waals surface area contributed by atoms with E-state index in [1.54, 1.807) is 6.07 Å². The largest absolute Gasteiger partial charge is 0.490 e. The van der Waals surface area contributed by atoms with Gasteiger partial charge in [-0.25, -0.2) is 0 Å². The molecule has 0 spiro atoms. The van der Waals surface area contributed by atoms with Crippen molar-refractivity contribution in [2.75, 3.05) is 7.11 Å². The molecule has 1 aromatic carbocycles. The van der Waals surface area contributed by atoms with Gasteiger partial charge in [-0.3, -0.25) is 10.1 Å². The van der Waals surface area contributed by atoms with Gasteiger partial charge >= 0.3 is 5.69 Å². The van der Waals surface area contributed by atoms with Crippen LogP contribution in [0.1, 0.15) is 37.8 Å². The van der Waals surface area contributed by atoms with Crippen molar-refractivity contribution in [3.05, 3.63) is 33.9 Å². The molecule has 0 heterocycles. The highest BCUT2D eigenvalue weighted by Crippen LogP contribution is 2.30. The minimum Gasteiger partial charge on any atom is -0.490 e. The lowest BCUT2D eigenvalue weighted by atomic mass is 9.98. The SMILES string of the molecule is CCCC[C@@H](O)[C@@H](N)c1ccc(OC)c([N+](=O)[O-])c1. The highest BCUT2D eigenvalue weighted by Gasteiger charge is 2.21. The molecule has 0 amide bonds. The summed E-state index contributed by atoms with van der Waals surface area (Å²) in [6.07, 6.45) is 1.71. The number of nitro benzene ring substituents is 1. The lowest BCUT2D eigenvalue weighted by Gasteiger charge is -2.19. The van der Waals surface area contributed by atoms with Gasteiger partial charge in [0.1, 0.15) is 0 Å². The zero-order chi connectivity index (χ0) is 14.4. The first-order valence-corrected chi connectivity index (χ1v) is 6.27. The molecule has 2 atom stereocenters. The topological polar surface area (TPSA) is 98.6 Å². The summed E-state index contributed by atoms with van der Waals surface area (Å²) in [6, 6.07) is 3.88. The first kappa shape index (κ1) is 15.4. The number of benzene rings is 1. The summed E-state index contributed by atoms with van der Waals surface area (Å²) < 4.78 is 4.92. The fourth-order valence-electron chi connectivity index (χ4n) is 1.87. The summed E-state index contributed by atoms with van der Waals surface area (Å²) in [5.74, 6) is 0.184. The van der Waals surface area contributed by atoms with Crippen LogP contribution in [0, 0.1) is 10.1 Å². The van der Waals surface area contributed by atoms with Crippen molar-refractivity contribution in [2.45, 2.75) is 38.3 Å².